The van der Waals surface area contributed by atoms with Crippen LogP contribution in [0.25, 0.3) is 22.0 Å². The fraction of sp³-hybridized carbons (Fsp3) is 0.148. The SMILES string of the molecule is O=C(Nc1ccc(Cl)c(-c2nccc3ccccc23)c1)c1ccc(C(=O)N2CCOCC2)cc1Cl. The number of aromatic nitrogens is 1. The van der Waals surface area contributed by atoms with Crippen molar-refractivity contribution >= 4 is 51.5 Å². The highest BCUT2D eigenvalue weighted by molar-refractivity contribution is 6.35. The van der Waals surface area contributed by atoms with E-state index in [9.17, 15) is 9.59 Å². The summed E-state index contributed by atoms with van der Waals surface area (Å²) in [6.45, 7) is 2.08. The van der Waals surface area contributed by atoms with Crippen molar-refractivity contribution in [3.63, 3.8) is 0 Å². The molecule has 0 saturated carbocycles. The Balaban J connectivity index is 1.39. The van der Waals surface area contributed by atoms with E-state index in [0.29, 0.717) is 48.1 Å². The number of hydrogen-bond acceptors (Lipinski definition) is 4. The number of anilines is 1. The van der Waals surface area contributed by atoms with Gasteiger partial charge in [-0.15, -0.1) is 0 Å². The number of amides is 2. The number of carbonyl (C=O) groups is 2. The quantitative estimate of drug-likeness (QED) is 0.372. The number of halogens is 2. The lowest BCUT2D eigenvalue weighted by Gasteiger charge is -2.27. The normalized spacial score (nSPS) is 13.6. The van der Waals surface area contributed by atoms with Crippen LogP contribution in [-0.2, 0) is 4.74 Å². The highest BCUT2D eigenvalue weighted by Crippen LogP contribution is 2.34. The first-order valence-electron chi connectivity index (χ1n) is 11.1. The smallest absolute Gasteiger partial charge is 0.257 e. The molecule has 3 aromatic carbocycles. The molecule has 1 saturated heterocycles. The van der Waals surface area contributed by atoms with Gasteiger partial charge in [-0.1, -0.05) is 47.5 Å². The highest BCUT2D eigenvalue weighted by Gasteiger charge is 2.21. The van der Waals surface area contributed by atoms with Crippen LogP contribution in [0.4, 0.5) is 5.69 Å². The van der Waals surface area contributed by atoms with Gasteiger partial charge in [-0.25, -0.2) is 0 Å². The van der Waals surface area contributed by atoms with E-state index in [4.69, 9.17) is 27.9 Å². The molecule has 1 aliphatic rings. The molecule has 1 aromatic heterocycles. The average molecular weight is 506 g/mol. The summed E-state index contributed by atoms with van der Waals surface area (Å²) < 4.78 is 5.30. The van der Waals surface area contributed by atoms with E-state index in [0.717, 1.165) is 16.5 Å². The van der Waals surface area contributed by atoms with Crippen LogP contribution < -0.4 is 5.32 Å². The van der Waals surface area contributed by atoms with Crippen molar-refractivity contribution in [1.82, 2.24) is 9.88 Å². The Morgan fingerprint density at radius 2 is 1.71 bits per heavy atom. The predicted octanol–water partition coefficient (Wildman–Crippen LogP) is 5.93. The topological polar surface area (TPSA) is 71.5 Å². The van der Waals surface area contributed by atoms with Crippen molar-refractivity contribution in [2.24, 2.45) is 0 Å². The monoisotopic (exact) mass is 505 g/mol. The second-order valence-corrected chi connectivity index (χ2v) is 8.94. The Kier molecular flexibility index (Phi) is 6.68. The van der Waals surface area contributed by atoms with E-state index in [-0.39, 0.29) is 22.4 Å². The largest absolute Gasteiger partial charge is 0.378 e. The summed E-state index contributed by atoms with van der Waals surface area (Å²) in [7, 11) is 0. The lowest BCUT2D eigenvalue weighted by Crippen LogP contribution is -2.40. The van der Waals surface area contributed by atoms with Crippen LogP contribution in [0.15, 0.2) is 72.9 Å². The first-order valence-corrected chi connectivity index (χ1v) is 11.9. The van der Waals surface area contributed by atoms with Crippen molar-refractivity contribution in [3.05, 3.63) is 94.1 Å². The molecule has 2 heterocycles. The Labute approximate surface area is 212 Å². The van der Waals surface area contributed by atoms with E-state index >= 15 is 0 Å². The molecule has 2 amide bonds. The van der Waals surface area contributed by atoms with Gasteiger partial charge in [-0.3, -0.25) is 14.6 Å². The molecule has 4 aromatic rings. The number of nitrogens with one attached hydrogen (secondary N) is 1. The van der Waals surface area contributed by atoms with Gasteiger partial charge >= 0.3 is 0 Å². The predicted molar refractivity (Wildman–Crippen MR) is 138 cm³/mol. The number of nitrogens with zero attached hydrogens (tertiary/aromatic N) is 2. The summed E-state index contributed by atoms with van der Waals surface area (Å²) in [4.78, 5) is 32.0. The molecule has 0 bridgehead atoms. The van der Waals surface area contributed by atoms with Gasteiger partial charge in [0.15, 0.2) is 0 Å². The zero-order chi connectivity index (χ0) is 24.4. The molecule has 0 atom stereocenters. The van der Waals surface area contributed by atoms with E-state index in [1.165, 1.54) is 6.07 Å². The summed E-state index contributed by atoms with van der Waals surface area (Å²) in [5.74, 6) is -0.522. The minimum absolute atomic E-state index is 0.132. The van der Waals surface area contributed by atoms with Gasteiger partial charge < -0.3 is 15.0 Å². The van der Waals surface area contributed by atoms with Crippen LogP contribution in [0, 0.1) is 0 Å². The van der Waals surface area contributed by atoms with Gasteiger partial charge in [-0.05, 0) is 47.9 Å². The highest BCUT2D eigenvalue weighted by atomic mass is 35.5. The van der Waals surface area contributed by atoms with E-state index in [1.54, 1.807) is 41.4 Å². The molecule has 1 aliphatic heterocycles. The fourth-order valence-corrected chi connectivity index (χ4v) is 4.57. The summed E-state index contributed by atoms with van der Waals surface area (Å²) >= 11 is 12.9. The molecule has 1 fully saturated rings. The van der Waals surface area contributed by atoms with Gasteiger partial charge in [0.05, 0.1) is 34.5 Å². The molecule has 176 valence electrons. The van der Waals surface area contributed by atoms with Crippen LogP contribution >= 0.6 is 23.2 Å². The molecule has 5 rings (SSSR count). The standard InChI is InChI=1S/C27H21Cl2N3O3/c28-23-8-6-19(16-22(23)25-20-4-2-1-3-17(20)9-10-30-25)31-26(33)21-7-5-18(15-24(21)29)27(34)32-11-13-35-14-12-32/h1-10,15-16H,11-14H2,(H,31,33). The molecular formula is C27H21Cl2N3O3. The van der Waals surface area contributed by atoms with E-state index in [1.807, 2.05) is 30.3 Å². The average Bonchev–Trinajstić information content (AvgIpc) is 2.89. The second kappa shape index (κ2) is 10.0. The number of carbonyl (C=O) groups excluding carboxylic acids is 2. The third-order valence-corrected chi connectivity index (χ3v) is 6.55. The molecule has 0 aliphatic carbocycles. The van der Waals surface area contributed by atoms with E-state index in [2.05, 4.69) is 10.3 Å². The minimum atomic E-state index is -0.389. The maximum atomic E-state index is 13.0. The van der Waals surface area contributed by atoms with Crippen molar-refractivity contribution in [2.45, 2.75) is 0 Å². The Morgan fingerprint density at radius 1 is 0.914 bits per heavy atom. The Bertz CT molecular complexity index is 1430. The lowest BCUT2D eigenvalue weighted by atomic mass is 10.0. The van der Waals surface area contributed by atoms with Crippen molar-refractivity contribution in [2.75, 3.05) is 31.6 Å². The maximum absolute atomic E-state index is 13.0. The van der Waals surface area contributed by atoms with Crippen LogP contribution in [-0.4, -0.2) is 48.0 Å². The molecular weight excluding hydrogens is 485 g/mol. The number of pyridine rings is 1. The Morgan fingerprint density at radius 3 is 2.51 bits per heavy atom. The molecule has 0 spiro atoms. The fourth-order valence-electron chi connectivity index (χ4n) is 4.10. The molecule has 0 unspecified atom stereocenters. The number of ether oxygens (including phenoxy) is 1. The summed E-state index contributed by atoms with van der Waals surface area (Å²) in [5, 5.41) is 5.60. The van der Waals surface area contributed by atoms with Crippen LogP contribution in [0.3, 0.4) is 0 Å². The number of hydrogen-bond donors (Lipinski definition) is 1. The third kappa shape index (κ3) is 4.86. The van der Waals surface area contributed by atoms with Gasteiger partial charge in [0.1, 0.15) is 0 Å². The summed E-state index contributed by atoms with van der Waals surface area (Å²) in [6, 6.07) is 19.8. The number of benzene rings is 3. The maximum Gasteiger partial charge on any atom is 0.257 e. The van der Waals surface area contributed by atoms with E-state index < -0.39 is 0 Å². The van der Waals surface area contributed by atoms with Gasteiger partial charge in [0.2, 0.25) is 0 Å². The number of morpholine rings is 1. The van der Waals surface area contributed by atoms with Crippen molar-refractivity contribution < 1.29 is 14.3 Å². The minimum Gasteiger partial charge on any atom is -0.378 e. The zero-order valence-electron chi connectivity index (χ0n) is 18.6. The molecule has 0 radical (unpaired) electrons. The lowest BCUT2D eigenvalue weighted by molar-refractivity contribution is 0.0303. The molecule has 35 heavy (non-hydrogen) atoms. The zero-order valence-corrected chi connectivity index (χ0v) is 20.1. The van der Waals surface area contributed by atoms with Crippen molar-refractivity contribution in [3.8, 4) is 11.3 Å². The van der Waals surface area contributed by atoms with Gasteiger partial charge in [0.25, 0.3) is 11.8 Å². The van der Waals surface area contributed by atoms with Gasteiger partial charge in [-0.2, -0.15) is 0 Å². The first-order chi connectivity index (χ1) is 17.0. The summed E-state index contributed by atoms with van der Waals surface area (Å²) in [6.07, 6.45) is 1.73. The molecule has 6 nitrogen and oxygen atoms in total. The van der Waals surface area contributed by atoms with Crippen LogP contribution in [0.2, 0.25) is 10.0 Å². The Hall–Kier alpha value is -3.45. The van der Waals surface area contributed by atoms with Gasteiger partial charge in [0, 0.05) is 41.5 Å². The van der Waals surface area contributed by atoms with Crippen LogP contribution in [0.1, 0.15) is 20.7 Å². The van der Waals surface area contributed by atoms with Crippen LogP contribution in [0.5, 0.6) is 0 Å². The molecule has 1 N–H and O–H groups in total. The first kappa shape index (κ1) is 23.3. The molecule has 8 heteroatoms. The number of fused-ring (bicyclic) bond motifs is 1. The third-order valence-electron chi connectivity index (χ3n) is 5.91. The second-order valence-electron chi connectivity index (χ2n) is 8.13. The summed E-state index contributed by atoms with van der Waals surface area (Å²) in [5.41, 5.74) is 2.69. The number of rotatable bonds is 4. The van der Waals surface area contributed by atoms with Crippen molar-refractivity contribution in [1.29, 1.82) is 0 Å².